The molecule has 1 fully saturated rings. The maximum absolute atomic E-state index is 11.5. The standard InChI is InChI=1S/C14H14O2/c15-13-10-12-8-4-5-9-14(12,16-13)11-6-2-1-3-7-11/h1-3,5-7,9,12H,4,8,10H2/t12-,14+/m1/s1. The number of carbonyl (C=O) groups is 1. The van der Waals surface area contributed by atoms with Crippen LogP contribution >= 0.6 is 0 Å². The monoisotopic (exact) mass is 214 g/mol. The van der Waals surface area contributed by atoms with Gasteiger partial charge in [0.1, 0.15) is 0 Å². The molecular weight excluding hydrogens is 200 g/mol. The second-order valence-electron chi connectivity index (χ2n) is 4.51. The van der Waals surface area contributed by atoms with Crippen LogP contribution in [0.5, 0.6) is 0 Å². The fourth-order valence-corrected chi connectivity index (χ4v) is 2.80. The summed E-state index contributed by atoms with van der Waals surface area (Å²) < 4.78 is 5.61. The van der Waals surface area contributed by atoms with Gasteiger partial charge in [0.05, 0.1) is 6.42 Å². The lowest BCUT2D eigenvalue weighted by atomic mass is 9.76. The maximum atomic E-state index is 11.5. The van der Waals surface area contributed by atoms with Crippen LogP contribution in [0.1, 0.15) is 24.8 Å². The summed E-state index contributed by atoms with van der Waals surface area (Å²) in [5.74, 6) is 0.243. The number of hydrogen-bond acceptors (Lipinski definition) is 2. The summed E-state index contributed by atoms with van der Waals surface area (Å²) in [5.41, 5.74) is 0.623. The molecule has 82 valence electrons. The molecule has 1 aromatic carbocycles. The molecule has 3 rings (SSSR count). The van der Waals surface area contributed by atoms with Crippen LogP contribution in [-0.4, -0.2) is 5.97 Å². The quantitative estimate of drug-likeness (QED) is 0.530. The lowest BCUT2D eigenvalue weighted by Crippen LogP contribution is -2.32. The number of esters is 1. The Morgan fingerprint density at radius 3 is 2.88 bits per heavy atom. The number of carbonyl (C=O) groups excluding carboxylic acids is 1. The van der Waals surface area contributed by atoms with Crippen molar-refractivity contribution in [3.05, 3.63) is 48.0 Å². The fourth-order valence-electron chi connectivity index (χ4n) is 2.80. The Morgan fingerprint density at radius 1 is 1.25 bits per heavy atom. The van der Waals surface area contributed by atoms with E-state index >= 15 is 0 Å². The third-order valence-electron chi connectivity index (χ3n) is 3.57. The first kappa shape index (κ1) is 9.64. The van der Waals surface area contributed by atoms with Crippen LogP contribution in [0.4, 0.5) is 0 Å². The van der Waals surface area contributed by atoms with Crippen LogP contribution in [-0.2, 0) is 15.1 Å². The van der Waals surface area contributed by atoms with Crippen LogP contribution < -0.4 is 0 Å². The minimum atomic E-state index is -0.476. The highest BCUT2D eigenvalue weighted by Crippen LogP contribution is 2.47. The van der Waals surface area contributed by atoms with Gasteiger partial charge < -0.3 is 4.74 Å². The minimum Gasteiger partial charge on any atom is -0.450 e. The number of hydrogen-bond donors (Lipinski definition) is 0. The van der Waals surface area contributed by atoms with Gasteiger partial charge >= 0.3 is 5.97 Å². The highest BCUT2D eigenvalue weighted by Gasteiger charge is 2.49. The summed E-state index contributed by atoms with van der Waals surface area (Å²) in [7, 11) is 0. The number of ether oxygens (including phenoxy) is 1. The van der Waals surface area contributed by atoms with E-state index < -0.39 is 5.60 Å². The van der Waals surface area contributed by atoms with Gasteiger partial charge in [-0.05, 0) is 24.5 Å². The predicted octanol–water partition coefficient (Wildman–Crippen LogP) is 2.80. The van der Waals surface area contributed by atoms with Crippen LogP contribution in [0.2, 0.25) is 0 Å². The van der Waals surface area contributed by atoms with Crippen molar-refractivity contribution in [1.82, 2.24) is 0 Å². The van der Waals surface area contributed by atoms with Crippen LogP contribution in [0, 0.1) is 5.92 Å². The summed E-state index contributed by atoms with van der Waals surface area (Å²) in [6.07, 6.45) is 6.84. The summed E-state index contributed by atoms with van der Waals surface area (Å²) >= 11 is 0. The molecule has 1 heterocycles. The zero-order valence-electron chi connectivity index (χ0n) is 9.06. The van der Waals surface area contributed by atoms with E-state index in [-0.39, 0.29) is 5.97 Å². The van der Waals surface area contributed by atoms with Gasteiger partial charge in [-0.1, -0.05) is 36.4 Å². The van der Waals surface area contributed by atoms with Crippen molar-refractivity contribution in [3.63, 3.8) is 0 Å². The van der Waals surface area contributed by atoms with Crippen LogP contribution in [0.25, 0.3) is 0 Å². The van der Waals surface area contributed by atoms with Gasteiger partial charge in [0.15, 0.2) is 5.60 Å². The second-order valence-corrected chi connectivity index (χ2v) is 4.51. The van der Waals surface area contributed by atoms with Crippen molar-refractivity contribution in [2.75, 3.05) is 0 Å². The Labute approximate surface area is 94.9 Å². The van der Waals surface area contributed by atoms with Gasteiger partial charge in [-0.25, -0.2) is 0 Å². The lowest BCUT2D eigenvalue weighted by Gasteiger charge is -2.33. The third-order valence-corrected chi connectivity index (χ3v) is 3.57. The zero-order valence-corrected chi connectivity index (χ0v) is 9.06. The molecule has 0 spiro atoms. The van der Waals surface area contributed by atoms with Gasteiger partial charge in [-0.3, -0.25) is 4.79 Å². The van der Waals surface area contributed by atoms with Crippen molar-refractivity contribution in [2.45, 2.75) is 24.9 Å². The van der Waals surface area contributed by atoms with Crippen molar-refractivity contribution in [3.8, 4) is 0 Å². The van der Waals surface area contributed by atoms with Gasteiger partial charge in [-0.15, -0.1) is 0 Å². The molecule has 16 heavy (non-hydrogen) atoms. The van der Waals surface area contributed by atoms with E-state index in [0.29, 0.717) is 12.3 Å². The highest BCUT2D eigenvalue weighted by atomic mass is 16.6. The predicted molar refractivity (Wildman–Crippen MR) is 60.7 cm³/mol. The average Bonchev–Trinajstić information content (AvgIpc) is 2.67. The Bertz CT molecular complexity index is 435. The summed E-state index contributed by atoms with van der Waals surface area (Å²) in [6.45, 7) is 0. The topological polar surface area (TPSA) is 26.3 Å². The molecule has 2 nitrogen and oxygen atoms in total. The Kier molecular flexibility index (Phi) is 2.10. The summed E-state index contributed by atoms with van der Waals surface area (Å²) in [6, 6.07) is 10.1. The molecule has 2 aliphatic rings. The molecule has 1 aliphatic heterocycles. The number of benzene rings is 1. The lowest BCUT2D eigenvalue weighted by molar-refractivity contribution is -0.146. The molecule has 0 saturated carbocycles. The molecule has 1 saturated heterocycles. The number of rotatable bonds is 1. The molecule has 0 unspecified atom stereocenters. The normalized spacial score (nSPS) is 32.2. The highest BCUT2D eigenvalue weighted by molar-refractivity contribution is 5.74. The molecule has 0 aromatic heterocycles. The van der Waals surface area contributed by atoms with E-state index in [1.165, 1.54) is 0 Å². The molecule has 0 radical (unpaired) electrons. The van der Waals surface area contributed by atoms with Crippen molar-refractivity contribution in [1.29, 1.82) is 0 Å². The van der Waals surface area contributed by atoms with E-state index in [1.54, 1.807) is 0 Å². The second kappa shape index (κ2) is 3.48. The largest absolute Gasteiger partial charge is 0.450 e. The van der Waals surface area contributed by atoms with E-state index in [0.717, 1.165) is 18.4 Å². The average molecular weight is 214 g/mol. The van der Waals surface area contributed by atoms with Gasteiger partial charge in [0.2, 0.25) is 0 Å². The SMILES string of the molecule is O=C1C[C@H]2CCC=C[C@@]2(c2ccccc2)O1. The first-order valence-corrected chi connectivity index (χ1v) is 5.76. The van der Waals surface area contributed by atoms with Crippen molar-refractivity contribution < 1.29 is 9.53 Å². The van der Waals surface area contributed by atoms with Gasteiger partial charge in [-0.2, -0.15) is 0 Å². The summed E-state index contributed by atoms with van der Waals surface area (Å²) in [5, 5.41) is 0. The maximum Gasteiger partial charge on any atom is 0.307 e. The van der Waals surface area contributed by atoms with E-state index in [1.807, 2.05) is 30.3 Å². The van der Waals surface area contributed by atoms with E-state index in [4.69, 9.17) is 4.74 Å². The molecule has 0 bridgehead atoms. The van der Waals surface area contributed by atoms with Crippen LogP contribution in [0.15, 0.2) is 42.5 Å². The first-order chi connectivity index (χ1) is 7.81. The molecule has 0 N–H and O–H groups in total. The molecule has 0 amide bonds. The number of allylic oxidation sites excluding steroid dienone is 1. The Morgan fingerprint density at radius 2 is 2.06 bits per heavy atom. The van der Waals surface area contributed by atoms with E-state index in [9.17, 15) is 4.79 Å². The van der Waals surface area contributed by atoms with Gasteiger partial charge in [0, 0.05) is 5.92 Å². The molecule has 1 aromatic rings. The molecule has 2 heteroatoms. The van der Waals surface area contributed by atoms with Crippen molar-refractivity contribution >= 4 is 5.97 Å². The smallest absolute Gasteiger partial charge is 0.307 e. The zero-order chi connectivity index (χ0) is 11.0. The fraction of sp³-hybridized carbons (Fsp3) is 0.357. The van der Waals surface area contributed by atoms with Crippen molar-refractivity contribution in [2.24, 2.45) is 5.92 Å². The molecular formula is C14H14O2. The summed E-state index contributed by atoms with van der Waals surface area (Å²) in [4.78, 5) is 11.5. The first-order valence-electron chi connectivity index (χ1n) is 5.76. The Balaban J connectivity index is 2.10. The van der Waals surface area contributed by atoms with Gasteiger partial charge in [0.25, 0.3) is 0 Å². The number of fused-ring (bicyclic) bond motifs is 1. The van der Waals surface area contributed by atoms with Crippen LogP contribution in [0.3, 0.4) is 0 Å². The molecule has 1 aliphatic carbocycles. The Hall–Kier alpha value is -1.57. The third kappa shape index (κ3) is 1.29. The van der Waals surface area contributed by atoms with E-state index in [2.05, 4.69) is 12.2 Å². The molecule has 2 atom stereocenters. The minimum absolute atomic E-state index is 0.0691.